The minimum Gasteiger partial charge on any atom is -0.491 e. The third kappa shape index (κ3) is 4.59. The van der Waals surface area contributed by atoms with Crippen LogP contribution in [0.4, 0.5) is 5.69 Å². The van der Waals surface area contributed by atoms with E-state index in [0.29, 0.717) is 5.11 Å². The minimum atomic E-state index is -0.107. The maximum atomic E-state index is 6.16. The summed E-state index contributed by atoms with van der Waals surface area (Å²) < 4.78 is 8.13. The van der Waals surface area contributed by atoms with Crippen molar-refractivity contribution in [1.82, 2.24) is 14.9 Å². The lowest BCUT2D eigenvalue weighted by Gasteiger charge is -2.28. The number of aromatic nitrogens is 2. The Bertz CT molecular complexity index is 1370. The molecule has 5 nitrogen and oxygen atoms in total. The molecule has 0 aliphatic carbocycles. The van der Waals surface area contributed by atoms with Gasteiger partial charge in [0, 0.05) is 34.0 Å². The number of nitrogens with one attached hydrogen (secondary N) is 1. The van der Waals surface area contributed by atoms with E-state index in [-0.39, 0.29) is 18.2 Å². The van der Waals surface area contributed by atoms with Crippen LogP contribution in [-0.4, -0.2) is 20.8 Å². The summed E-state index contributed by atoms with van der Waals surface area (Å²) in [7, 11) is 0. The Morgan fingerprint density at radius 3 is 2.31 bits per heavy atom. The Labute approximate surface area is 222 Å². The second-order valence-electron chi connectivity index (χ2n) is 9.30. The molecule has 0 radical (unpaired) electrons. The van der Waals surface area contributed by atoms with E-state index in [9.17, 15) is 0 Å². The van der Waals surface area contributed by atoms with Gasteiger partial charge in [-0.25, -0.2) is 0 Å². The summed E-state index contributed by atoms with van der Waals surface area (Å²) in [6, 6.07) is 24.1. The van der Waals surface area contributed by atoms with Gasteiger partial charge in [-0.15, -0.1) is 0 Å². The molecular formula is C29H29ClN4OS. The third-order valence-corrected chi connectivity index (χ3v) is 7.03. The highest BCUT2D eigenvalue weighted by molar-refractivity contribution is 7.80. The third-order valence-electron chi connectivity index (χ3n) is 6.46. The highest BCUT2D eigenvalue weighted by Crippen LogP contribution is 2.44. The van der Waals surface area contributed by atoms with Gasteiger partial charge in [-0.2, -0.15) is 0 Å². The molecule has 5 rings (SSSR count). The van der Waals surface area contributed by atoms with Gasteiger partial charge in [-0.3, -0.25) is 4.98 Å². The number of anilines is 1. The Kier molecular flexibility index (Phi) is 6.73. The highest BCUT2D eigenvalue weighted by Gasteiger charge is 2.42. The van der Waals surface area contributed by atoms with Crippen molar-refractivity contribution in [3.05, 3.63) is 107 Å². The first-order valence-electron chi connectivity index (χ1n) is 12.1. The number of ether oxygens (including phenoxy) is 1. The molecule has 0 amide bonds. The van der Waals surface area contributed by atoms with Crippen molar-refractivity contribution >= 4 is 34.6 Å². The second-order valence-corrected chi connectivity index (χ2v) is 10.1. The van der Waals surface area contributed by atoms with Gasteiger partial charge in [0.2, 0.25) is 0 Å². The summed E-state index contributed by atoms with van der Waals surface area (Å²) in [5, 5.41) is 4.95. The van der Waals surface area contributed by atoms with E-state index in [1.165, 1.54) is 5.56 Å². The van der Waals surface area contributed by atoms with Crippen LogP contribution < -0.4 is 15.0 Å². The molecule has 0 unspecified atom stereocenters. The molecule has 7 heteroatoms. The van der Waals surface area contributed by atoms with Crippen LogP contribution >= 0.6 is 23.8 Å². The molecule has 2 aromatic heterocycles. The summed E-state index contributed by atoms with van der Waals surface area (Å²) >= 11 is 12.1. The first kappa shape index (κ1) is 24.3. The number of benzene rings is 2. The Morgan fingerprint density at radius 1 is 0.972 bits per heavy atom. The predicted molar refractivity (Wildman–Crippen MR) is 150 cm³/mol. The molecule has 36 heavy (non-hydrogen) atoms. The zero-order chi connectivity index (χ0) is 25.4. The number of aryl methyl sites for hydroxylation is 1. The Hall–Kier alpha value is -3.35. The number of pyridine rings is 1. The molecule has 0 saturated carbocycles. The summed E-state index contributed by atoms with van der Waals surface area (Å²) in [4.78, 5) is 6.88. The first-order valence-corrected chi connectivity index (χ1v) is 12.8. The van der Waals surface area contributed by atoms with Crippen LogP contribution in [0.2, 0.25) is 5.02 Å². The standard InChI is InChI=1S/C29H29ClN4OS/c1-18(2)35-24-14-12-23(13-15-24)34-28(27(32-29(34)36)26-7-5-6-16-31-26)25-17-19(3)33(20(25)4)22-10-8-21(30)9-11-22/h5-18,27-28H,1-4H3,(H,32,36)/t27-,28-/m1/s1. The molecule has 0 bridgehead atoms. The van der Waals surface area contributed by atoms with Crippen LogP contribution in [0.1, 0.15) is 48.6 Å². The smallest absolute Gasteiger partial charge is 0.174 e. The van der Waals surface area contributed by atoms with Crippen LogP contribution in [0.25, 0.3) is 5.69 Å². The van der Waals surface area contributed by atoms with Crippen LogP contribution in [0.5, 0.6) is 5.75 Å². The van der Waals surface area contributed by atoms with Crippen LogP contribution in [0, 0.1) is 13.8 Å². The van der Waals surface area contributed by atoms with Crippen molar-refractivity contribution in [2.75, 3.05) is 4.90 Å². The molecule has 2 atom stereocenters. The summed E-state index contributed by atoms with van der Waals surface area (Å²) in [5.41, 5.74) is 6.50. The van der Waals surface area contributed by atoms with Gasteiger partial charge in [0.1, 0.15) is 5.75 Å². The fourth-order valence-electron chi connectivity index (χ4n) is 4.98. The van der Waals surface area contributed by atoms with Gasteiger partial charge in [0.25, 0.3) is 0 Å². The predicted octanol–water partition coefficient (Wildman–Crippen LogP) is 7.11. The fourth-order valence-corrected chi connectivity index (χ4v) is 5.45. The lowest BCUT2D eigenvalue weighted by molar-refractivity contribution is 0.242. The number of rotatable bonds is 6. The van der Waals surface area contributed by atoms with Crippen LogP contribution in [0.15, 0.2) is 79.0 Å². The molecule has 1 aliphatic rings. The average Bonchev–Trinajstić information content (AvgIpc) is 3.35. The number of halogens is 1. The van der Waals surface area contributed by atoms with Crippen LogP contribution in [-0.2, 0) is 0 Å². The maximum Gasteiger partial charge on any atom is 0.174 e. The molecule has 184 valence electrons. The molecule has 1 N–H and O–H groups in total. The van der Waals surface area contributed by atoms with Gasteiger partial charge < -0.3 is 19.5 Å². The van der Waals surface area contributed by atoms with E-state index in [4.69, 9.17) is 28.6 Å². The van der Waals surface area contributed by atoms with E-state index in [2.05, 4.69) is 57.9 Å². The van der Waals surface area contributed by atoms with Crippen molar-refractivity contribution < 1.29 is 4.74 Å². The number of nitrogens with zero attached hydrogens (tertiary/aromatic N) is 3. The van der Waals surface area contributed by atoms with E-state index in [0.717, 1.165) is 39.2 Å². The summed E-state index contributed by atoms with van der Waals surface area (Å²) in [6.07, 6.45) is 1.94. The molecule has 4 aromatic rings. The van der Waals surface area contributed by atoms with Gasteiger partial charge >= 0.3 is 0 Å². The highest BCUT2D eigenvalue weighted by atomic mass is 35.5. The number of hydrogen-bond acceptors (Lipinski definition) is 3. The SMILES string of the molecule is Cc1cc([C@@H]2[C@@H](c3ccccn3)NC(=S)N2c2ccc(OC(C)C)cc2)c(C)n1-c1ccc(Cl)cc1. The molecular weight excluding hydrogens is 488 g/mol. The van der Waals surface area contributed by atoms with Crippen LogP contribution in [0.3, 0.4) is 0 Å². The molecule has 1 aliphatic heterocycles. The normalized spacial score (nSPS) is 17.5. The van der Waals surface area contributed by atoms with E-state index < -0.39 is 0 Å². The molecule has 2 aromatic carbocycles. The Morgan fingerprint density at radius 2 is 1.67 bits per heavy atom. The molecule has 1 fully saturated rings. The maximum absolute atomic E-state index is 6.16. The van der Waals surface area contributed by atoms with E-state index in [1.807, 2.05) is 68.6 Å². The molecule has 0 spiro atoms. The number of hydrogen-bond donors (Lipinski definition) is 1. The molecule has 3 heterocycles. The zero-order valence-corrected chi connectivity index (χ0v) is 22.3. The lowest BCUT2D eigenvalue weighted by Crippen LogP contribution is -2.29. The zero-order valence-electron chi connectivity index (χ0n) is 20.8. The van der Waals surface area contributed by atoms with Crippen molar-refractivity contribution in [2.24, 2.45) is 0 Å². The topological polar surface area (TPSA) is 42.3 Å². The van der Waals surface area contributed by atoms with E-state index >= 15 is 0 Å². The van der Waals surface area contributed by atoms with Crippen molar-refractivity contribution in [2.45, 2.75) is 45.9 Å². The quantitative estimate of drug-likeness (QED) is 0.277. The van der Waals surface area contributed by atoms with Crippen molar-refractivity contribution in [3.8, 4) is 11.4 Å². The van der Waals surface area contributed by atoms with Gasteiger partial charge in [-0.1, -0.05) is 17.7 Å². The van der Waals surface area contributed by atoms with Crippen molar-refractivity contribution in [3.63, 3.8) is 0 Å². The Balaban J connectivity index is 1.62. The van der Waals surface area contributed by atoms with E-state index in [1.54, 1.807) is 0 Å². The first-order chi connectivity index (χ1) is 17.3. The second kappa shape index (κ2) is 9.96. The minimum absolute atomic E-state index is 0.0866. The van der Waals surface area contributed by atoms with Gasteiger partial charge in [-0.05, 0) is 112 Å². The summed E-state index contributed by atoms with van der Waals surface area (Å²) in [6.45, 7) is 8.34. The average molecular weight is 517 g/mol. The number of thiocarbonyl (C=S) groups is 1. The van der Waals surface area contributed by atoms with Gasteiger partial charge in [0.15, 0.2) is 5.11 Å². The largest absolute Gasteiger partial charge is 0.491 e. The van der Waals surface area contributed by atoms with Gasteiger partial charge in [0.05, 0.1) is 23.9 Å². The lowest BCUT2D eigenvalue weighted by atomic mass is 9.96. The fraction of sp³-hybridized carbons (Fsp3) is 0.241. The van der Waals surface area contributed by atoms with Crippen molar-refractivity contribution in [1.29, 1.82) is 0 Å². The summed E-state index contributed by atoms with van der Waals surface area (Å²) in [5.74, 6) is 0.838. The monoisotopic (exact) mass is 516 g/mol. The molecule has 1 saturated heterocycles.